The fourth-order valence-corrected chi connectivity index (χ4v) is 5.25. The molecule has 0 nitrogen and oxygen atoms in total. The van der Waals surface area contributed by atoms with Gasteiger partial charge in [0.1, 0.15) is 0 Å². The standard InChI is InChI=1S/C16H10S3/c1-2-4-13-10-15-14(9-12(13)3-1)18-16(19-15)11-5-7-17-8-6-11/h1-10H. The highest BCUT2D eigenvalue weighted by Crippen LogP contribution is 2.53. The SMILES string of the molecule is C1=CC(=C2Sc3cc4ccccc4cc3S2)C=CS1. The summed E-state index contributed by atoms with van der Waals surface area (Å²) in [5.74, 6) is 0. The van der Waals surface area contributed by atoms with E-state index in [2.05, 4.69) is 59.4 Å². The molecule has 2 heterocycles. The van der Waals surface area contributed by atoms with Crippen molar-refractivity contribution in [2.45, 2.75) is 9.79 Å². The summed E-state index contributed by atoms with van der Waals surface area (Å²) in [4.78, 5) is 2.76. The second kappa shape index (κ2) is 4.82. The highest BCUT2D eigenvalue weighted by Gasteiger charge is 2.20. The Morgan fingerprint density at radius 2 is 1.32 bits per heavy atom. The number of allylic oxidation sites excluding steroid dienone is 3. The van der Waals surface area contributed by atoms with E-state index in [0.717, 1.165) is 0 Å². The lowest BCUT2D eigenvalue weighted by atomic mass is 10.1. The Kier molecular flexibility index (Phi) is 2.98. The Morgan fingerprint density at radius 3 is 1.89 bits per heavy atom. The van der Waals surface area contributed by atoms with E-state index in [4.69, 9.17) is 0 Å². The molecule has 92 valence electrons. The monoisotopic (exact) mass is 298 g/mol. The Bertz CT molecular complexity index is 693. The van der Waals surface area contributed by atoms with Crippen molar-refractivity contribution in [1.82, 2.24) is 0 Å². The van der Waals surface area contributed by atoms with E-state index in [1.807, 2.05) is 23.5 Å². The molecule has 2 aliphatic rings. The maximum Gasteiger partial charge on any atom is 0.0572 e. The zero-order valence-electron chi connectivity index (χ0n) is 10.00. The quantitative estimate of drug-likeness (QED) is 0.583. The minimum Gasteiger partial charge on any atom is -0.106 e. The van der Waals surface area contributed by atoms with E-state index >= 15 is 0 Å². The van der Waals surface area contributed by atoms with Crippen LogP contribution >= 0.6 is 35.3 Å². The largest absolute Gasteiger partial charge is 0.106 e. The molecule has 3 heteroatoms. The number of thioether (sulfide) groups is 3. The van der Waals surface area contributed by atoms with Crippen LogP contribution in [0.4, 0.5) is 0 Å². The number of hydrogen-bond acceptors (Lipinski definition) is 3. The average Bonchev–Trinajstić information content (AvgIpc) is 2.88. The van der Waals surface area contributed by atoms with Crippen LogP contribution in [0.25, 0.3) is 10.8 Å². The lowest BCUT2D eigenvalue weighted by Crippen LogP contribution is -1.76. The topological polar surface area (TPSA) is 0 Å². The van der Waals surface area contributed by atoms with Crippen LogP contribution in [-0.4, -0.2) is 0 Å². The van der Waals surface area contributed by atoms with Crippen LogP contribution in [0.15, 0.2) is 79.0 Å². The molecule has 0 aliphatic carbocycles. The van der Waals surface area contributed by atoms with Crippen molar-refractivity contribution in [3.63, 3.8) is 0 Å². The summed E-state index contributed by atoms with van der Waals surface area (Å²) in [7, 11) is 0. The van der Waals surface area contributed by atoms with Gasteiger partial charge in [-0.25, -0.2) is 0 Å². The zero-order chi connectivity index (χ0) is 12.7. The molecule has 0 fully saturated rings. The molecular formula is C16H10S3. The molecule has 0 aromatic heterocycles. The van der Waals surface area contributed by atoms with Gasteiger partial charge in [-0.3, -0.25) is 0 Å². The van der Waals surface area contributed by atoms with Crippen molar-refractivity contribution in [2.24, 2.45) is 0 Å². The number of rotatable bonds is 0. The maximum atomic E-state index is 2.31. The van der Waals surface area contributed by atoms with E-state index in [0.29, 0.717) is 0 Å². The molecule has 19 heavy (non-hydrogen) atoms. The van der Waals surface area contributed by atoms with Crippen LogP contribution in [0.1, 0.15) is 0 Å². The van der Waals surface area contributed by atoms with E-state index in [1.54, 1.807) is 11.8 Å². The molecule has 0 atom stereocenters. The second-order valence-electron chi connectivity index (χ2n) is 4.33. The van der Waals surface area contributed by atoms with Crippen molar-refractivity contribution < 1.29 is 0 Å². The molecule has 2 aromatic carbocycles. The molecule has 0 radical (unpaired) electrons. The highest BCUT2D eigenvalue weighted by atomic mass is 32.2. The molecule has 0 amide bonds. The molecule has 4 rings (SSSR count). The summed E-state index contributed by atoms with van der Waals surface area (Å²) >= 11 is 5.51. The van der Waals surface area contributed by atoms with Gasteiger partial charge < -0.3 is 0 Å². The first-order valence-corrected chi connectivity index (χ1v) is 8.59. The third kappa shape index (κ3) is 2.16. The van der Waals surface area contributed by atoms with Crippen molar-refractivity contribution in [3.8, 4) is 0 Å². The molecule has 0 N–H and O–H groups in total. The van der Waals surface area contributed by atoms with Crippen molar-refractivity contribution in [1.29, 1.82) is 0 Å². The van der Waals surface area contributed by atoms with Crippen LogP contribution < -0.4 is 0 Å². The minimum absolute atomic E-state index is 1.32. The van der Waals surface area contributed by atoms with Gasteiger partial charge in [-0.1, -0.05) is 47.8 Å². The molecular weight excluding hydrogens is 288 g/mol. The van der Waals surface area contributed by atoms with Crippen molar-refractivity contribution in [3.05, 3.63) is 69.2 Å². The van der Waals surface area contributed by atoms with Gasteiger partial charge in [0.15, 0.2) is 0 Å². The molecule has 2 aromatic rings. The van der Waals surface area contributed by atoms with Gasteiger partial charge in [-0.15, -0.1) is 11.8 Å². The van der Waals surface area contributed by atoms with E-state index < -0.39 is 0 Å². The molecule has 0 saturated carbocycles. The third-order valence-electron chi connectivity index (χ3n) is 3.11. The number of fused-ring (bicyclic) bond motifs is 2. The van der Waals surface area contributed by atoms with Crippen LogP contribution in [0.3, 0.4) is 0 Å². The summed E-state index contributed by atoms with van der Waals surface area (Å²) in [5, 5.41) is 6.93. The Hall–Kier alpha value is -1.03. The average molecular weight is 298 g/mol. The molecule has 0 saturated heterocycles. The normalized spacial score (nSPS) is 17.3. The summed E-state index contributed by atoms with van der Waals surface area (Å²) in [6.45, 7) is 0. The van der Waals surface area contributed by atoms with Gasteiger partial charge in [0, 0.05) is 9.79 Å². The summed E-state index contributed by atoms with van der Waals surface area (Å²) in [6.07, 6.45) is 4.40. The van der Waals surface area contributed by atoms with Gasteiger partial charge in [-0.05, 0) is 51.4 Å². The predicted octanol–water partition coefficient (Wildman–Crippen LogP) is 6.02. The molecule has 2 aliphatic heterocycles. The Labute approximate surface area is 125 Å². The van der Waals surface area contributed by atoms with E-state index in [9.17, 15) is 0 Å². The Balaban J connectivity index is 1.82. The number of benzene rings is 2. The number of hydrogen-bond donors (Lipinski definition) is 0. The van der Waals surface area contributed by atoms with Crippen LogP contribution in [0.5, 0.6) is 0 Å². The van der Waals surface area contributed by atoms with Crippen LogP contribution in [-0.2, 0) is 0 Å². The fourth-order valence-electron chi connectivity index (χ4n) is 2.16. The fraction of sp³-hybridized carbons (Fsp3) is 0. The van der Waals surface area contributed by atoms with E-state index in [-0.39, 0.29) is 0 Å². The highest BCUT2D eigenvalue weighted by molar-refractivity contribution is 8.24. The third-order valence-corrected chi connectivity index (χ3v) is 6.28. The molecule has 0 unspecified atom stereocenters. The van der Waals surface area contributed by atoms with Gasteiger partial charge in [-0.2, -0.15) is 0 Å². The maximum absolute atomic E-state index is 2.31. The van der Waals surface area contributed by atoms with Crippen molar-refractivity contribution >= 4 is 46.1 Å². The lowest BCUT2D eigenvalue weighted by molar-refractivity contribution is 1.30. The second-order valence-corrected chi connectivity index (χ2v) is 7.51. The summed E-state index contributed by atoms with van der Waals surface area (Å²) in [5.41, 5.74) is 1.33. The smallest absolute Gasteiger partial charge is 0.0572 e. The summed E-state index contributed by atoms with van der Waals surface area (Å²) < 4.78 is 1.39. The lowest BCUT2D eigenvalue weighted by Gasteiger charge is -2.02. The van der Waals surface area contributed by atoms with Gasteiger partial charge in [0.2, 0.25) is 0 Å². The first-order valence-electron chi connectivity index (χ1n) is 6.01. The van der Waals surface area contributed by atoms with Crippen molar-refractivity contribution in [2.75, 3.05) is 0 Å². The molecule has 0 bridgehead atoms. The van der Waals surface area contributed by atoms with Crippen LogP contribution in [0, 0.1) is 0 Å². The predicted molar refractivity (Wildman–Crippen MR) is 88.6 cm³/mol. The minimum atomic E-state index is 1.32. The van der Waals surface area contributed by atoms with Crippen LogP contribution in [0.2, 0.25) is 0 Å². The Morgan fingerprint density at radius 1 is 0.737 bits per heavy atom. The van der Waals surface area contributed by atoms with Gasteiger partial charge >= 0.3 is 0 Å². The molecule has 0 spiro atoms. The first kappa shape index (κ1) is 11.8. The first-order chi connectivity index (χ1) is 9.40. The van der Waals surface area contributed by atoms with Gasteiger partial charge in [0.05, 0.1) is 4.24 Å². The van der Waals surface area contributed by atoms with E-state index in [1.165, 1.54) is 30.4 Å². The zero-order valence-corrected chi connectivity index (χ0v) is 12.4. The van der Waals surface area contributed by atoms with Gasteiger partial charge in [0.25, 0.3) is 0 Å². The summed E-state index contributed by atoms with van der Waals surface area (Å²) in [6, 6.07) is 13.2.